The van der Waals surface area contributed by atoms with Crippen LogP contribution in [0.5, 0.6) is 0 Å². The number of rotatable bonds is 6. The number of benzene rings is 1. The SMILES string of the molecule is C/N=C(\NC#N)NCCSCn1nc(-c2ccccc2)ccc1=O. The molecule has 1 heterocycles. The number of hydrogen-bond acceptors (Lipinski definition) is 5. The molecule has 0 amide bonds. The maximum Gasteiger partial charge on any atom is 0.267 e. The molecule has 0 bridgehead atoms. The van der Waals surface area contributed by atoms with Crippen LogP contribution in [0.1, 0.15) is 0 Å². The van der Waals surface area contributed by atoms with E-state index in [-0.39, 0.29) is 5.56 Å². The molecule has 2 aromatic rings. The van der Waals surface area contributed by atoms with E-state index in [0.717, 1.165) is 17.0 Å². The fourth-order valence-corrected chi connectivity index (χ4v) is 2.66. The molecule has 0 aliphatic heterocycles. The Hall–Kier alpha value is -2.79. The summed E-state index contributed by atoms with van der Waals surface area (Å²) in [4.78, 5) is 15.8. The first-order valence-corrected chi connectivity index (χ1v) is 8.47. The molecule has 0 aliphatic carbocycles. The van der Waals surface area contributed by atoms with Gasteiger partial charge in [-0.15, -0.1) is 11.8 Å². The number of thioether (sulfide) groups is 1. The average molecular weight is 342 g/mol. The highest BCUT2D eigenvalue weighted by Gasteiger charge is 2.03. The lowest BCUT2D eigenvalue weighted by molar-refractivity contribution is 0.697. The van der Waals surface area contributed by atoms with Crippen molar-refractivity contribution in [3.8, 4) is 17.5 Å². The van der Waals surface area contributed by atoms with Crippen LogP contribution in [0, 0.1) is 11.5 Å². The quantitative estimate of drug-likeness (QED) is 0.270. The fraction of sp³-hybridized carbons (Fsp3) is 0.250. The first-order valence-electron chi connectivity index (χ1n) is 7.31. The van der Waals surface area contributed by atoms with Crippen LogP contribution in [0.25, 0.3) is 11.3 Å². The topological polar surface area (TPSA) is 95.1 Å². The lowest BCUT2D eigenvalue weighted by Crippen LogP contribution is -2.35. The summed E-state index contributed by atoms with van der Waals surface area (Å²) in [6, 6.07) is 13.0. The molecule has 24 heavy (non-hydrogen) atoms. The van der Waals surface area contributed by atoms with Gasteiger partial charge < -0.3 is 5.32 Å². The molecule has 0 saturated carbocycles. The van der Waals surface area contributed by atoms with Crippen molar-refractivity contribution in [1.29, 1.82) is 5.26 Å². The molecule has 0 fully saturated rings. The summed E-state index contributed by atoms with van der Waals surface area (Å²) in [5.74, 6) is 1.64. The molecule has 2 N–H and O–H groups in total. The Kier molecular flexibility index (Phi) is 6.86. The molecule has 124 valence electrons. The molecule has 0 spiro atoms. The second-order valence-corrected chi connectivity index (χ2v) is 5.77. The average Bonchev–Trinajstić information content (AvgIpc) is 2.62. The Morgan fingerprint density at radius 1 is 1.33 bits per heavy atom. The van der Waals surface area contributed by atoms with E-state index in [1.165, 1.54) is 10.7 Å². The van der Waals surface area contributed by atoms with Crippen LogP contribution in [0.4, 0.5) is 0 Å². The monoisotopic (exact) mass is 342 g/mol. The van der Waals surface area contributed by atoms with Gasteiger partial charge in [0.05, 0.1) is 11.6 Å². The van der Waals surface area contributed by atoms with Gasteiger partial charge in [0.1, 0.15) is 0 Å². The third-order valence-corrected chi connectivity index (χ3v) is 4.01. The maximum atomic E-state index is 11.9. The minimum Gasteiger partial charge on any atom is -0.355 e. The standard InChI is InChI=1S/C16H18N6OS/c1-18-16(20-11-17)19-9-10-24-12-22-15(23)8-7-14(21-22)13-5-3-2-4-6-13/h2-8H,9-10,12H2,1H3,(H2,18,19,20). The molecule has 0 aliphatic rings. The summed E-state index contributed by atoms with van der Waals surface area (Å²) >= 11 is 1.57. The Morgan fingerprint density at radius 3 is 2.83 bits per heavy atom. The summed E-state index contributed by atoms with van der Waals surface area (Å²) in [6.07, 6.45) is 1.81. The van der Waals surface area contributed by atoms with E-state index in [2.05, 4.69) is 20.7 Å². The summed E-state index contributed by atoms with van der Waals surface area (Å²) < 4.78 is 1.45. The lowest BCUT2D eigenvalue weighted by atomic mass is 10.1. The third-order valence-electron chi connectivity index (χ3n) is 3.09. The number of nitrogens with zero attached hydrogens (tertiary/aromatic N) is 4. The highest BCUT2D eigenvalue weighted by molar-refractivity contribution is 7.98. The number of aliphatic imine (C=N–C) groups is 1. The molecular weight excluding hydrogens is 324 g/mol. The smallest absolute Gasteiger partial charge is 0.267 e. The van der Waals surface area contributed by atoms with Crippen LogP contribution in [-0.2, 0) is 5.88 Å². The summed E-state index contributed by atoms with van der Waals surface area (Å²) in [7, 11) is 1.60. The Balaban J connectivity index is 1.89. The fourth-order valence-electron chi connectivity index (χ4n) is 1.93. The Labute approximate surface area is 144 Å². The highest BCUT2D eigenvalue weighted by atomic mass is 32.2. The number of nitrogens with one attached hydrogen (secondary N) is 2. The minimum atomic E-state index is -0.128. The van der Waals surface area contributed by atoms with Crippen LogP contribution >= 0.6 is 11.8 Å². The maximum absolute atomic E-state index is 11.9. The number of guanidine groups is 1. The molecule has 7 nitrogen and oxygen atoms in total. The van der Waals surface area contributed by atoms with Gasteiger partial charge >= 0.3 is 0 Å². The van der Waals surface area contributed by atoms with E-state index in [1.807, 2.05) is 36.5 Å². The van der Waals surface area contributed by atoms with E-state index in [9.17, 15) is 4.79 Å². The Bertz CT molecular complexity index is 781. The van der Waals surface area contributed by atoms with Crippen molar-refractivity contribution in [1.82, 2.24) is 20.4 Å². The molecular formula is C16H18N6OS. The normalized spacial score (nSPS) is 10.9. The van der Waals surface area contributed by atoms with Gasteiger partial charge in [-0.05, 0) is 6.07 Å². The third kappa shape index (κ3) is 5.14. The van der Waals surface area contributed by atoms with Gasteiger partial charge in [-0.2, -0.15) is 10.4 Å². The zero-order valence-corrected chi connectivity index (χ0v) is 14.1. The van der Waals surface area contributed by atoms with Crippen molar-refractivity contribution >= 4 is 17.7 Å². The van der Waals surface area contributed by atoms with Gasteiger partial charge in [0.25, 0.3) is 5.56 Å². The van der Waals surface area contributed by atoms with Gasteiger partial charge in [0, 0.05) is 31.0 Å². The predicted molar refractivity (Wildman–Crippen MR) is 96.5 cm³/mol. The number of nitriles is 1. The zero-order chi connectivity index (χ0) is 17.2. The molecule has 0 radical (unpaired) electrons. The van der Waals surface area contributed by atoms with E-state index in [0.29, 0.717) is 18.4 Å². The van der Waals surface area contributed by atoms with E-state index in [4.69, 9.17) is 5.26 Å². The van der Waals surface area contributed by atoms with Crippen LogP contribution in [0.2, 0.25) is 0 Å². The van der Waals surface area contributed by atoms with Gasteiger partial charge in [-0.1, -0.05) is 30.3 Å². The van der Waals surface area contributed by atoms with Crippen LogP contribution in [0.3, 0.4) is 0 Å². The van der Waals surface area contributed by atoms with Crippen molar-refractivity contribution in [2.45, 2.75) is 5.88 Å². The first-order chi connectivity index (χ1) is 11.7. The number of hydrogen-bond donors (Lipinski definition) is 2. The van der Waals surface area contributed by atoms with E-state index in [1.54, 1.807) is 24.9 Å². The summed E-state index contributed by atoms with van der Waals surface area (Å²) in [5, 5.41) is 18.4. The Morgan fingerprint density at radius 2 is 2.12 bits per heavy atom. The summed E-state index contributed by atoms with van der Waals surface area (Å²) in [6.45, 7) is 0.624. The van der Waals surface area contributed by atoms with Crippen LogP contribution < -0.4 is 16.2 Å². The van der Waals surface area contributed by atoms with Gasteiger partial charge in [-0.3, -0.25) is 15.1 Å². The molecule has 0 atom stereocenters. The van der Waals surface area contributed by atoms with Gasteiger partial charge in [0.2, 0.25) is 5.96 Å². The lowest BCUT2D eigenvalue weighted by Gasteiger charge is -2.08. The van der Waals surface area contributed by atoms with E-state index < -0.39 is 0 Å². The second kappa shape index (κ2) is 9.37. The molecule has 0 unspecified atom stereocenters. The van der Waals surface area contributed by atoms with Crippen molar-refractivity contribution in [2.75, 3.05) is 19.3 Å². The largest absolute Gasteiger partial charge is 0.355 e. The van der Waals surface area contributed by atoms with Crippen LogP contribution in [0.15, 0.2) is 52.3 Å². The predicted octanol–water partition coefficient (Wildman–Crippen LogP) is 1.25. The second-order valence-electron chi connectivity index (χ2n) is 4.70. The zero-order valence-electron chi connectivity index (χ0n) is 13.3. The highest BCUT2D eigenvalue weighted by Crippen LogP contribution is 2.14. The van der Waals surface area contributed by atoms with Crippen molar-refractivity contribution in [2.24, 2.45) is 4.99 Å². The van der Waals surface area contributed by atoms with Crippen LogP contribution in [-0.4, -0.2) is 35.1 Å². The molecule has 0 saturated heterocycles. The molecule has 1 aromatic carbocycles. The van der Waals surface area contributed by atoms with Crippen molar-refractivity contribution < 1.29 is 0 Å². The van der Waals surface area contributed by atoms with E-state index >= 15 is 0 Å². The van der Waals surface area contributed by atoms with Gasteiger partial charge in [0.15, 0.2) is 6.19 Å². The molecule has 1 aromatic heterocycles. The number of aromatic nitrogens is 2. The van der Waals surface area contributed by atoms with Crippen molar-refractivity contribution in [3.63, 3.8) is 0 Å². The minimum absolute atomic E-state index is 0.128. The van der Waals surface area contributed by atoms with Crippen molar-refractivity contribution in [3.05, 3.63) is 52.8 Å². The summed E-state index contributed by atoms with van der Waals surface area (Å²) in [5.41, 5.74) is 1.62. The molecule has 8 heteroatoms. The molecule has 2 rings (SSSR count). The van der Waals surface area contributed by atoms with Gasteiger partial charge in [-0.25, -0.2) is 4.68 Å². The first kappa shape index (κ1) is 17.6.